The van der Waals surface area contributed by atoms with Crippen LogP contribution in [-0.4, -0.2) is 24.1 Å². The van der Waals surface area contributed by atoms with Gasteiger partial charge in [0, 0.05) is 54.7 Å². The van der Waals surface area contributed by atoms with Gasteiger partial charge in [-0.25, -0.2) is 15.0 Å². The average molecular weight is 872 g/mol. The van der Waals surface area contributed by atoms with Crippen LogP contribution in [0.4, 0.5) is 0 Å². The van der Waals surface area contributed by atoms with Crippen molar-refractivity contribution in [1.82, 2.24) is 24.1 Å². The quantitative estimate of drug-likeness (QED) is 0.167. The van der Waals surface area contributed by atoms with E-state index >= 15 is 0 Å². The zero-order valence-electron chi connectivity index (χ0n) is 37.1. The standard InChI is InChI=1S/C62H41N5O/c1-62(33-14-3-15-34-62)43-31-29-39(30-32-43)59-63-60(65-61(64-59)49-25-16-24-47-45-21-8-11-26-51(45)66(58(47)49)44-19-4-2-5-20-44)42-37-54(57-48-23-10-13-28-55(48)68-56(57)38-42)67-52-27-12-9-22-46(52)50-35-40-17-6-7-18-41(40)36-53(50)67/h2-33,35-38H,34H2,1H3. The van der Waals surface area contributed by atoms with Gasteiger partial charge in [0.25, 0.3) is 0 Å². The van der Waals surface area contributed by atoms with Crippen molar-refractivity contribution >= 4 is 76.3 Å². The van der Waals surface area contributed by atoms with Crippen LogP contribution in [-0.2, 0) is 5.41 Å². The van der Waals surface area contributed by atoms with E-state index in [0.717, 1.165) is 89.3 Å². The van der Waals surface area contributed by atoms with Crippen molar-refractivity contribution in [1.29, 1.82) is 0 Å². The van der Waals surface area contributed by atoms with E-state index in [0.29, 0.717) is 17.5 Å². The molecule has 0 radical (unpaired) electrons. The lowest BCUT2D eigenvalue weighted by Crippen LogP contribution is -2.19. The number of rotatable bonds is 6. The first-order chi connectivity index (χ1) is 33.6. The van der Waals surface area contributed by atoms with E-state index in [2.05, 4.69) is 222 Å². The Morgan fingerprint density at radius 2 is 1.12 bits per heavy atom. The van der Waals surface area contributed by atoms with Crippen molar-refractivity contribution in [2.24, 2.45) is 0 Å². The number of fused-ring (bicyclic) bond motifs is 10. The summed E-state index contributed by atoms with van der Waals surface area (Å²) in [5.74, 6) is 1.73. The Bertz CT molecular complexity index is 4250. The molecule has 68 heavy (non-hydrogen) atoms. The molecule has 13 aromatic rings. The fourth-order valence-electron chi connectivity index (χ4n) is 10.8. The Labute approximate surface area is 391 Å². The van der Waals surface area contributed by atoms with Gasteiger partial charge in [-0.15, -0.1) is 0 Å². The van der Waals surface area contributed by atoms with Gasteiger partial charge in [0.15, 0.2) is 17.5 Å². The minimum atomic E-state index is -0.0965. The molecule has 6 heteroatoms. The second kappa shape index (κ2) is 14.8. The summed E-state index contributed by atoms with van der Waals surface area (Å²) in [5.41, 5.74) is 11.8. The molecule has 0 saturated heterocycles. The number of nitrogens with zero attached hydrogens (tertiary/aromatic N) is 5. The van der Waals surface area contributed by atoms with Gasteiger partial charge in [-0.1, -0.05) is 165 Å². The van der Waals surface area contributed by atoms with E-state index in [9.17, 15) is 0 Å². The van der Waals surface area contributed by atoms with Gasteiger partial charge in [-0.05, 0) is 83.4 Å². The van der Waals surface area contributed by atoms with E-state index < -0.39 is 0 Å². The number of benzene rings is 9. The molecule has 0 saturated carbocycles. The topological polar surface area (TPSA) is 61.7 Å². The average Bonchev–Trinajstić information content (AvgIpc) is 4.06. The molecule has 4 aromatic heterocycles. The molecule has 320 valence electrons. The molecule has 14 rings (SSSR count). The molecule has 0 bridgehead atoms. The summed E-state index contributed by atoms with van der Waals surface area (Å²) in [6.07, 6.45) is 9.74. The fraction of sp³-hybridized carbons (Fsp3) is 0.0484. The highest BCUT2D eigenvalue weighted by atomic mass is 16.3. The maximum Gasteiger partial charge on any atom is 0.166 e. The van der Waals surface area contributed by atoms with E-state index in [1.807, 2.05) is 12.1 Å². The molecule has 4 heterocycles. The lowest BCUT2D eigenvalue weighted by Gasteiger charge is -2.27. The number of para-hydroxylation sites is 5. The SMILES string of the molecule is CC1(c2ccc(-c3nc(-c4cc(-n5c6ccccc6c6cc7ccccc7cc65)c5c(c4)oc4ccccc45)nc(-c4cccc5c6ccccc6n(-c6ccccc6)c45)n3)cc2)C=CC=CC1. The molecule has 0 spiro atoms. The van der Waals surface area contributed by atoms with Crippen LogP contribution < -0.4 is 0 Å². The van der Waals surface area contributed by atoms with Gasteiger partial charge in [-0.2, -0.15) is 0 Å². The van der Waals surface area contributed by atoms with E-state index in [4.69, 9.17) is 19.4 Å². The van der Waals surface area contributed by atoms with Crippen LogP contribution in [0.5, 0.6) is 0 Å². The largest absolute Gasteiger partial charge is 0.456 e. The number of hydrogen-bond acceptors (Lipinski definition) is 4. The van der Waals surface area contributed by atoms with Crippen LogP contribution in [0.25, 0.3) is 122 Å². The molecule has 0 aliphatic heterocycles. The molecule has 1 aliphatic rings. The van der Waals surface area contributed by atoms with Crippen LogP contribution in [0.1, 0.15) is 18.9 Å². The Hall–Kier alpha value is -8.87. The van der Waals surface area contributed by atoms with Crippen molar-refractivity contribution in [3.63, 3.8) is 0 Å². The molecule has 1 atom stereocenters. The summed E-state index contributed by atoms with van der Waals surface area (Å²) in [5, 5.41) is 9.12. The van der Waals surface area contributed by atoms with Gasteiger partial charge < -0.3 is 13.6 Å². The third kappa shape index (κ3) is 5.87. The van der Waals surface area contributed by atoms with Crippen LogP contribution >= 0.6 is 0 Å². The molecule has 0 N–H and O–H groups in total. The van der Waals surface area contributed by atoms with E-state index in [-0.39, 0.29) is 5.41 Å². The second-order valence-electron chi connectivity index (χ2n) is 18.2. The summed E-state index contributed by atoms with van der Waals surface area (Å²) in [6.45, 7) is 2.29. The van der Waals surface area contributed by atoms with Crippen LogP contribution in [0.15, 0.2) is 223 Å². The van der Waals surface area contributed by atoms with Crippen molar-refractivity contribution in [2.45, 2.75) is 18.8 Å². The number of hydrogen-bond donors (Lipinski definition) is 0. The normalized spacial score (nSPS) is 15.0. The third-order valence-electron chi connectivity index (χ3n) is 14.1. The molecule has 6 nitrogen and oxygen atoms in total. The Morgan fingerprint density at radius 1 is 0.471 bits per heavy atom. The predicted octanol–water partition coefficient (Wildman–Crippen LogP) is 15.9. The highest BCUT2D eigenvalue weighted by molar-refractivity contribution is 6.17. The molecule has 0 fully saturated rings. The Balaban J connectivity index is 1.06. The molecule has 1 aliphatic carbocycles. The minimum Gasteiger partial charge on any atom is -0.456 e. The van der Waals surface area contributed by atoms with Crippen LogP contribution in [0, 0.1) is 0 Å². The van der Waals surface area contributed by atoms with Crippen molar-refractivity contribution < 1.29 is 4.42 Å². The monoisotopic (exact) mass is 871 g/mol. The first-order valence-corrected chi connectivity index (χ1v) is 23.2. The first-order valence-electron chi connectivity index (χ1n) is 23.2. The van der Waals surface area contributed by atoms with Crippen molar-refractivity contribution in [3.8, 4) is 45.5 Å². The van der Waals surface area contributed by atoms with Gasteiger partial charge in [-0.3, -0.25) is 0 Å². The Morgan fingerprint density at radius 3 is 1.90 bits per heavy atom. The summed E-state index contributed by atoms with van der Waals surface area (Å²) >= 11 is 0. The summed E-state index contributed by atoms with van der Waals surface area (Å²) in [4.78, 5) is 16.3. The lowest BCUT2D eigenvalue weighted by atomic mass is 9.77. The fourth-order valence-corrected chi connectivity index (χ4v) is 10.8. The maximum atomic E-state index is 6.82. The van der Waals surface area contributed by atoms with Crippen molar-refractivity contribution in [2.75, 3.05) is 0 Å². The minimum absolute atomic E-state index is 0.0965. The summed E-state index contributed by atoms with van der Waals surface area (Å²) in [7, 11) is 0. The van der Waals surface area contributed by atoms with Gasteiger partial charge in [0.2, 0.25) is 0 Å². The van der Waals surface area contributed by atoms with Crippen LogP contribution in [0.2, 0.25) is 0 Å². The molecule has 9 aromatic carbocycles. The van der Waals surface area contributed by atoms with Gasteiger partial charge in [0.1, 0.15) is 11.2 Å². The molecular formula is C62H41N5O. The first kappa shape index (κ1) is 38.4. The van der Waals surface area contributed by atoms with Gasteiger partial charge in [0.05, 0.1) is 33.1 Å². The van der Waals surface area contributed by atoms with E-state index in [1.54, 1.807) is 0 Å². The predicted molar refractivity (Wildman–Crippen MR) is 280 cm³/mol. The third-order valence-corrected chi connectivity index (χ3v) is 14.1. The van der Waals surface area contributed by atoms with Crippen molar-refractivity contribution in [3.05, 3.63) is 224 Å². The van der Waals surface area contributed by atoms with Crippen LogP contribution in [0.3, 0.4) is 0 Å². The molecular weight excluding hydrogens is 831 g/mol. The summed E-state index contributed by atoms with van der Waals surface area (Å²) < 4.78 is 11.6. The highest BCUT2D eigenvalue weighted by Crippen LogP contribution is 2.43. The van der Waals surface area contributed by atoms with Gasteiger partial charge >= 0.3 is 0 Å². The van der Waals surface area contributed by atoms with E-state index in [1.165, 1.54) is 27.1 Å². The lowest BCUT2D eigenvalue weighted by molar-refractivity contribution is 0.600. The zero-order chi connectivity index (χ0) is 44.9. The maximum absolute atomic E-state index is 6.82. The molecule has 0 amide bonds. The number of aromatic nitrogens is 5. The highest BCUT2D eigenvalue weighted by Gasteiger charge is 2.26. The second-order valence-corrected chi connectivity index (χ2v) is 18.2. The molecule has 1 unspecified atom stereocenters. The number of allylic oxidation sites excluding steroid dienone is 4. The number of furan rings is 1. The summed E-state index contributed by atoms with van der Waals surface area (Å²) in [6, 6.07) is 69.0. The smallest absolute Gasteiger partial charge is 0.166 e. The Kier molecular flexibility index (Phi) is 8.37. The zero-order valence-corrected chi connectivity index (χ0v) is 37.1.